The Hall–Kier alpha value is -0.000000000000000111. The summed E-state index contributed by atoms with van der Waals surface area (Å²) in [6, 6.07) is 5.78. The van der Waals surface area contributed by atoms with Crippen LogP contribution in [0.3, 0.4) is 0 Å². The summed E-state index contributed by atoms with van der Waals surface area (Å²) in [5.41, 5.74) is 1.06. The summed E-state index contributed by atoms with van der Waals surface area (Å²) in [5.74, 6) is 0. The van der Waals surface area contributed by atoms with Crippen LogP contribution in [0.2, 0.25) is 5.02 Å². The first-order chi connectivity index (χ1) is 6.24. The van der Waals surface area contributed by atoms with Gasteiger partial charge in [-0.1, -0.05) is 11.6 Å². The smallest absolute Gasteiger partial charge is 0.0635 e. The van der Waals surface area contributed by atoms with Gasteiger partial charge in [0.2, 0.25) is 0 Å². The van der Waals surface area contributed by atoms with Crippen molar-refractivity contribution in [3.63, 3.8) is 0 Å². The maximum atomic E-state index is 5.86. The highest BCUT2D eigenvalue weighted by atomic mass is 127. The molecule has 0 amide bonds. The molecule has 1 rings (SSSR count). The van der Waals surface area contributed by atoms with E-state index in [1.165, 1.54) is 0 Å². The fraction of sp³-hybridized carbons (Fsp3) is 0.333. The maximum absolute atomic E-state index is 5.86. The van der Waals surface area contributed by atoms with Gasteiger partial charge in [0, 0.05) is 27.9 Å². The summed E-state index contributed by atoms with van der Waals surface area (Å²) >= 11 is 8.12. The fourth-order valence-electron chi connectivity index (χ4n) is 0.921. The summed E-state index contributed by atoms with van der Waals surface area (Å²) in [6.45, 7) is 1.50. The zero-order valence-electron chi connectivity index (χ0n) is 7.31. The zero-order valence-corrected chi connectivity index (χ0v) is 10.2. The zero-order chi connectivity index (χ0) is 9.68. The molecular weight excluding hydrogens is 300 g/mol. The van der Waals surface area contributed by atoms with Crippen LogP contribution in [0.1, 0.15) is 0 Å². The number of methoxy groups -OCH3 is 1. The number of anilines is 1. The Morgan fingerprint density at radius 2 is 2.31 bits per heavy atom. The number of benzene rings is 1. The number of hydrogen-bond acceptors (Lipinski definition) is 2. The Morgan fingerprint density at radius 1 is 1.54 bits per heavy atom. The van der Waals surface area contributed by atoms with Crippen molar-refractivity contribution >= 4 is 39.9 Å². The molecule has 0 saturated carbocycles. The third-order valence-electron chi connectivity index (χ3n) is 1.55. The van der Waals surface area contributed by atoms with E-state index in [2.05, 4.69) is 27.9 Å². The van der Waals surface area contributed by atoms with E-state index in [9.17, 15) is 0 Å². The molecule has 0 fully saturated rings. The van der Waals surface area contributed by atoms with Crippen molar-refractivity contribution in [3.8, 4) is 0 Å². The number of halogens is 2. The molecule has 0 spiro atoms. The lowest BCUT2D eigenvalue weighted by Crippen LogP contribution is -2.08. The van der Waals surface area contributed by atoms with E-state index in [4.69, 9.17) is 16.3 Å². The molecule has 13 heavy (non-hydrogen) atoms. The second-order valence-corrected chi connectivity index (χ2v) is 4.14. The molecule has 72 valence electrons. The third kappa shape index (κ3) is 3.70. The summed E-state index contributed by atoms with van der Waals surface area (Å²) in [5, 5.41) is 3.99. The highest BCUT2D eigenvalue weighted by molar-refractivity contribution is 14.1. The highest BCUT2D eigenvalue weighted by Gasteiger charge is 1.98. The Labute approximate surface area is 96.8 Å². The van der Waals surface area contributed by atoms with E-state index in [0.717, 1.165) is 20.8 Å². The molecule has 1 aromatic carbocycles. The molecule has 0 heterocycles. The van der Waals surface area contributed by atoms with Gasteiger partial charge in [-0.25, -0.2) is 0 Å². The van der Waals surface area contributed by atoms with Gasteiger partial charge in [-0.15, -0.1) is 0 Å². The van der Waals surface area contributed by atoms with Crippen molar-refractivity contribution in [2.75, 3.05) is 25.6 Å². The fourth-order valence-corrected chi connectivity index (χ4v) is 1.62. The van der Waals surface area contributed by atoms with Gasteiger partial charge in [0.15, 0.2) is 0 Å². The standard InChI is InChI=1S/C9H11ClINO/c1-13-5-4-12-9-6-7(10)2-3-8(9)11/h2-3,6,12H,4-5H2,1H3. The third-order valence-corrected chi connectivity index (χ3v) is 2.73. The van der Waals surface area contributed by atoms with Crippen LogP contribution in [-0.4, -0.2) is 20.3 Å². The van der Waals surface area contributed by atoms with Crippen LogP contribution in [0.4, 0.5) is 5.69 Å². The first kappa shape index (κ1) is 11.1. The molecule has 0 aromatic heterocycles. The van der Waals surface area contributed by atoms with Gasteiger partial charge in [0.25, 0.3) is 0 Å². The molecular formula is C9H11ClINO. The van der Waals surface area contributed by atoms with Crippen LogP contribution in [0.5, 0.6) is 0 Å². The SMILES string of the molecule is COCCNc1cc(Cl)ccc1I. The van der Waals surface area contributed by atoms with Crippen molar-refractivity contribution in [3.05, 3.63) is 26.8 Å². The first-order valence-electron chi connectivity index (χ1n) is 3.92. The summed E-state index contributed by atoms with van der Waals surface area (Å²) in [4.78, 5) is 0. The molecule has 0 bridgehead atoms. The van der Waals surface area contributed by atoms with Crippen LogP contribution in [0, 0.1) is 3.57 Å². The quantitative estimate of drug-likeness (QED) is 0.682. The molecule has 0 unspecified atom stereocenters. The van der Waals surface area contributed by atoms with Crippen molar-refractivity contribution in [2.45, 2.75) is 0 Å². The van der Waals surface area contributed by atoms with Crippen LogP contribution in [0.15, 0.2) is 18.2 Å². The molecule has 1 aromatic rings. The number of nitrogens with one attached hydrogen (secondary N) is 1. The van der Waals surface area contributed by atoms with E-state index < -0.39 is 0 Å². The lowest BCUT2D eigenvalue weighted by Gasteiger charge is -2.07. The van der Waals surface area contributed by atoms with Gasteiger partial charge in [-0.05, 0) is 40.8 Å². The van der Waals surface area contributed by atoms with E-state index in [1.807, 2.05) is 18.2 Å². The van der Waals surface area contributed by atoms with Crippen LogP contribution in [-0.2, 0) is 4.74 Å². The minimum absolute atomic E-state index is 0.697. The molecule has 0 radical (unpaired) electrons. The largest absolute Gasteiger partial charge is 0.383 e. The summed E-state index contributed by atoms with van der Waals surface area (Å²) < 4.78 is 6.10. The van der Waals surface area contributed by atoms with Gasteiger partial charge >= 0.3 is 0 Å². The first-order valence-corrected chi connectivity index (χ1v) is 5.37. The molecule has 0 aliphatic rings. The monoisotopic (exact) mass is 311 g/mol. The van der Waals surface area contributed by atoms with Crippen LogP contribution in [0.25, 0.3) is 0 Å². The van der Waals surface area contributed by atoms with E-state index in [-0.39, 0.29) is 0 Å². The topological polar surface area (TPSA) is 21.3 Å². The number of ether oxygens (including phenoxy) is 1. The predicted octanol–water partition coefficient (Wildman–Crippen LogP) is 3.00. The molecule has 0 saturated heterocycles. The van der Waals surface area contributed by atoms with Crippen molar-refractivity contribution in [1.82, 2.24) is 0 Å². The Kier molecular flexibility index (Phi) is 4.83. The average Bonchev–Trinajstić information content (AvgIpc) is 2.11. The maximum Gasteiger partial charge on any atom is 0.0635 e. The van der Waals surface area contributed by atoms with E-state index in [0.29, 0.717) is 6.61 Å². The molecule has 0 atom stereocenters. The second kappa shape index (κ2) is 5.67. The molecule has 2 nitrogen and oxygen atoms in total. The van der Waals surface area contributed by atoms with Gasteiger partial charge in [-0.3, -0.25) is 0 Å². The Morgan fingerprint density at radius 3 is 3.00 bits per heavy atom. The van der Waals surface area contributed by atoms with Crippen LogP contribution >= 0.6 is 34.2 Å². The van der Waals surface area contributed by atoms with Crippen molar-refractivity contribution in [1.29, 1.82) is 0 Å². The predicted molar refractivity (Wildman–Crippen MR) is 64.5 cm³/mol. The minimum Gasteiger partial charge on any atom is -0.383 e. The Bertz CT molecular complexity index is 280. The van der Waals surface area contributed by atoms with Gasteiger partial charge in [0.1, 0.15) is 0 Å². The number of hydrogen-bond donors (Lipinski definition) is 1. The van der Waals surface area contributed by atoms with Gasteiger partial charge in [-0.2, -0.15) is 0 Å². The molecule has 0 aliphatic carbocycles. The molecule has 0 aliphatic heterocycles. The lowest BCUT2D eigenvalue weighted by molar-refractivity contribution is 0.211. The molecule has 1 N–H and O–H groups in total. The van der Waals surface area contributed by atoms with Crippen LogP contribution < -0.4 is 5.32 Å². The van der Waals surface area contributed by atoms with Crippen molar-refractivity contribution < 1.29 is 4.74 Å². The van der Waals surface area contributed by atoms with Gasteiger partial charge < -0.3 is 10.1 Å². The lowest BCUT2D eigenvalue weighted by atomic mass is 10.3. The summed E-state index contributed by atoms with van der Waals surface area (Å²) in [6.07, 6.45) is 0. The number of rotatable bonds is 4. The highest BCUT2D eigenvalue weighted by Crippen LogP contribution is 2.22. The normalized spacial score (nSPS) is 10.1. The second-order valence-electron chi connectivity index (χ2n) is 2.54. The summed E-state index contributed by atoms with van der Waals surface area (Å²) in [7, 11) is 1.69. The Balaban J connectivity index is 2.59. The minimum atomic E-state index is 0.697. The van der Waals surface area contributed by atoms with E-state index >= 15 is 0 Å². The van der Waals surface area contributed by atoms with Gasteiger partial charge in [0.05, 0.1) is 6.61 Å². The van der Waals surface area contributed by atoms with Crippen molar-refractivity contribution in [2.24, 2.45) is 0 Å². The van der Waals surface area contributed by atoms with E-state index in [1.54, 1.807) is 7.11 Å². The molecule has 4 heteroatoms. The average molecular weight is 312 g/mol.